The molecular formula is C22H22BrN3O2S. The molecule has 0 fully saturated rings. The second-order valence-corrected chi connectivity index (χ2v) is 9.31. The third-order valence-corrected chi connectivity index (χ3v) is 6.77. The molecule has 7 heteroatoms. The first kappa shape index (κ1) is 20.2. The van der Waals surface area contributed by atoms with Crippen LogP contribution in [-0.2, 0) is 17.8 Å². The van der Waals surface area contributed by atoms with Crippen LogP contribution >= 0.6 is 27.7 Å². The minimum Gasteiger partial charge on any atom is -0.311 e. The Balaban J connectivity index is 1.66. The first-order valence-corrected chi connectivity index (χ1v) is 11.4. The third kappa shape index (κ3) is 3.85. The van der Waals surface area contributed by atoms with Crippen LogP contribution in [0.15, 0.2) is 56.9 Å². The van der Waals surface area contributed by atoms with E-state index in [4.69, 9.17) is 4.98 Å². The van der Waals surface area contributed by atoms with Crippen molar-refractivity contribution >= 4 is 50.2 Å². The van der Waals surface area contributed by atoms with E-state index in [0.29, 0.717) is 22.6 Å². The molecule has 2 heterocycles. The lowest BCUT2D eigenvalue weighted by molar-refractivity contribution is -0.117. The average molecular weight is 472 g/mol. The molecule has 0 spiro atoms. The van der Waals surface area contributed by atoms with Crippen molar-refractivity contribution in [3.63, 3.8) is 0 Å². The van der Waals surface area contributed by atoms with E-state index in [1.165, 1.54) is 17.3 Å². The fourth-order valence-electron chi connectivity index (χ4n) is 3.73. The molecule has 150 valence electrons. The van der Waals surface area contributed by atoms with Gasteiger partial charge in [-0.15, -0.1) is 0 Å². The maximum atomic E-state index is 13.2. The smallest absolute Gasteiger partial charge is 0.262 e. The molecule has 29 heavy (non-hydrogen) atoms. The zero-order valence-corrected chi connectivity index (χ0v) is 18.8. The summed E-state index contributed by atoms with van der Waals surface area (Å²) in [5, 5.41) is 0.812. The van der Waals surface area contributed by atoms with Gasteiger partial charge in [0.2, 0.25) is 5.91 Å². The number of benzene rings is 2. The molecule has 2 aromatic carbocycles. The number of carbonyl (C=O) groups is 1. The van der Waals surface area contributed by atoms with E-state index in [9.17, 15) is 9.59 Å². The first-order chi connectivity index (χ1) is 14.0. The van der Waals surface area contributed by atoms with Gasteiger partial charge in [-0.2, -0.15) is 0 Å². The summed E-state index contributed by atoms with van der Waals surface area (Å²) in [6, 6.07) is 13.6. The van der Waals surface area contributed by atoms with Crippen LogP contribution in [0.25, 0.3) is 10.9 Å². The molecule has 3 aromatic rings. The van der Waals surface area contributed by atoms with E-state index in [-0.39, 0.29) is 16.7 Å². The van der Waals surface area contributed by atoms with Crippen molar-refractivity contribution in [1.82, 2.24) is 9.55 Å². The predicted octanol–water partition coefficient (Wildman–Crippen LogP) is 4.64. The maximum Gasteiger partial charge on any atom is 0.262 e. The van der Waals surface area contributed by atoms with Crippen molar-refractivity contribution in [1.29, 1.82) is 0 Å². The monoisotopic (exact) mass is 471 g/mol. The fraction of sp³-hybridized carbons (Fsp3) is 0.318. The largest absolute Gasteiger partial charge is 0.311 e. The van der Waals surface area contributed by atoms with E-state index in [0.717, 1.165) is 29.5 Å². The Bertz CT molecular complexity index is 1140. The SMILES string of the molecule is CCn1c(SC(C)C(=O)N2CCCc3ccccc32)nc2ccc(Br)cc2c1=O. The number of hydrogen-bond donors (Lipinski definition) is 0. The van der Waals surface area contributed by atoms with E-state index >= 15 is 0 Å². The number of carbonyl (C=O) groups excluding carboxylic acids is 1. The summed E-state index contributed by atoms with van der Waals surface area (Å²) in [5.41, 5.74) is 2.78. The molecule has 1 aliphatic heterocycles. The number of amides is 1. The maximum absolute atomic E-state index is 13.2. The van der Waals surface area contributed by atoms with Crippen molar-refractivity contribution in [2.75, 3.05) is 11.4 Å². The van der Waals surface area contributed by atoms with Gasteiger partial charge < -0.3 is 4.90 Å². The number of anilines is 1. The highest BCUT2D eigenvalue weighted by Gasteiger charge is 2.28. The van der Waals surface area contributed by atoms with Gasteiger partial charge in [-0.3, -0.25) is 14.2 Å². The van der Waals surface area contributed by atoms with Gasteiger partial charge in [0.15, 0.2) is 5.16 Å². The Morgan fingerprint density at radius 3 is 2.86 bits per heavy atom. The van der Waals surface area contributed by atoms with Gasteiger partial charge >= 0.3 is 0 Å². The number of para-hydroxylation sites is 1. The summed E-state index contributed by atoms with van der Waals surface area (Å²) >= 11 is 4.77. The molecule has 0 saturated heterocycles. The molecule has 1 aromatic heterocycles. The van der Waals surface area contributed by atoms with Gasteiger partial charge in [-0.05, 0) is 56.5 Å². The van der Waals surface area contributed by atoms with E-state index < -0.39 is 0 Å². The molecule has 1 unspecified atom stereocenters. The number of aryl methyl sites for hydroxylation is 1. The minimum atomic E-state index is -0.348. The molecule has 0 saturated carbocycles. The normalized spacial score (nSPS) is 14.7. The van der Waals surface area contributed by atoms with Gasteiger partial charge in [0, 0.05) is 23.2 Å². The summed E-state index contributed by atoms with van der Waals surface area (Å²) in [6.45, 7) is 5.04. The van der Waals surface area contributed by atoms with Crippen LogP contribution < -0.4 is 10.5 Å². The van der Waals surface area contributed by atoms with Gasteiger partial charge in [0.25, 0.3) is 5.56 Å². The summed E-state index contributed by atoms with van der Waals surface area (Å²) in [4.78, 5) is 32.8. The number of nitrogens with zero attached hydrogens (tertiary/aromatic N) is 3. The van der Waals surface area contributed by atoms with Crippen LogP contribution in [0, 0.1) is 0 Å². The summed E-state index contributed by atoms with van der Waals surface area (Å²) in [5.74, 6) is 0.0509. The molecule has 1 amide bonds. The van der Waals surface area contributed by atoms with Gasteiger partial charge in [0.05, 0.1) is 16.2 Å². The van der Waals surface area contributed by atoms with Crippen molar-refractivity contribution in [3.8, 4) is 0 Å². The lowest BCUT2D eigenvalue weighted by Gasteiger charge is -2.31. The van der Waals surface area contributed by atoms with Crippen molar-refractivity contribution in [2.45, 2.75) is 43.6 Å². The number of fused-ring (bicyclic) bond motifs is 2. The zero-order valence-electron chi connectivity index (χ0n) is 16.4. The number of halogens is 1. The molecule has 0 aliphatic carbocycles. The quantitative estimate of drug-likeness (QED) is 0.410. The lowest BCUT2D eigenvalue weighted by atomic mass is 10.0. The lowest BCUT2D eigenvalue weighted by Crippen LogP contribution is -2.40. The van der Waals surface area contributed by atoms with Gasteiger partial charge in [-0.1, -0.05) is 45.9 Å². The minimum absolute atomic E-state index is 0.0509. The molecule has 4 rings (SSSR count). The standard InChI is InChI=1S/C22H22BrN3O2S/c1-3-25-21(28)17-13-16(23)10-11-18(17)24-22(25)29-14(2)20(27)26-12-6-8-15-7-4-5-9-19(15)26/h4-5,7,9-11,13-14H,3,6,8,12H2,1-2H3. The zero-order chi connectivity index (χ0) is 20.5. The number of hydrogen-bond acceptors (Lipinski definition) is 4. The highest BCUT2D eigenvalue weighted by molar-refractivity contribution is 9.10. The summed E-state index contributed by atoms with van der Waals surface area (Å²) in [6.07, 6.45) is 1.96. The van der Waals surface area contributed by atoms with Gasteiger partial charge in [0.1, 0.15) is 0 Å². The van der Waals surface area contributed by atoms with Crippen molar-refractivity contribution < 1.29 is 4.79 Å². The second kappa shape index (κ2) is 8.32. The van der Waals surface area contributed by atoms with Crippen LogP contribution in [0.5, 0.6) is 0 Å². The van der Waals surface area contributed by atoms with Crippen LogP contribution in [0.4, 0.5) is 5.69 Å². The van der Waals surface area contributed by atoms with Crippen LogP contribution in [0.2, 0.25) is 0 Å². The van der Waals surface area contributed by atoms with E-state index in [2.05, 4.69) is 22.0 Å². The van der Waals surface area contributed by atoms with Crippen molar-refractivity contribution in [2.24, 2.45) is 0 Å². The molecule has 0 radical (unpaired) electrons. The highest BCUT2D eigenvalue weighted by atomic mass is 79.9. The first-order valence-electron chi connectivity index (χ1n) is 9.75. The Morgan fingerprint density at radius 2 is 2.07 bits per heavy atom. The topological polar surface area (TPSA) is 55.2 Å². The van der Waals surface area contributed by atoms with E-state index in [1.54, 1.807) is 10.6 Å². The number of aromatic nitrogens is 2. The average Bonchev–Trinajstić information content (AvgIpc) is 2.73. The third-order valence-electron chi connectivity index (χ3n) is 5.20. The highest BCUT2D eigenvalue weighted by Crippen LogP contribution is 2.31. The molecule has 5 nitrogen and oxygen atoms in total. The Hall–Kier alpha value is -2.12. The summed E-state index contributed by atoms with van der Waals surface area (Å²) < 4.78 is 2.49. The molecule has 0 bridgehead atoms. The molecular weight excluding hydrogens is 450 g/mol. The Kier molecular flexibility index (Phi) is 5.79. The predicted molar refractivity (Wildman–Crippen MR) is 122 cm³/mol. The fourth-order valence-corrected chi connectivity index (χ4v) is 5.13. The van der Waals surface area contributed by atoms with Crippen LogP contribution in [0.3, 0.4) is 0 Å². The van der Waals surface area contributed by atoms with E-state index in [1.807, 2.05) is 49.1 Å². The van der Waals surface area contributed by atoms with Crippen molar-refractivity contribution in [3.05, 3.63) is 62.9 Å². The Morgan fingerprint density at radius 1 is 1.28 bits per heavy atom. The molecule has 1 aliphatic rings. The summed E-state index contributed by atoms with van der Waals surface area (Å²) in [7, 11) is 0. The molecule has 1 atom stereocenters. The number of rotatable bonds is 4. The van der Waals surface area contributed by atoms with Gasteiger partial charge in [-0.25, -0.2) is 4.98 Å². The van der Waals surface area contributed by atoms with Crippen LogP contribution in [-0.4, -0.2) is 27.3 Å². The number of thioether (sulfide) groups is 1. The Labute approximate surface area is 182 Å². The second-order valence-electron chi connectivity index (χ2n) is 7.09. The molecule has 0 N–H and O–H groups in total. The van der Waals surface area contributed by atoms with Crippen LogP contribution in [0.1, 0.15) is 25.8 Å².